The molecule has 1 unspecified atom stereocenters. The Bertz CT molecular complexity index is 927. The van der Waals surface area contributed by atoms with E-state index in [0.717, 1.165) is 5.56 Å². The molecule has 6 N–H and O–H groups in total. The predicted molar refractivity (Wildman–Crippen MR) is 117 cm³/mol. The lowest BCUT2D eigenvalue weighted by Crippen LogP contribution is -2.42. The fourth-order valence-electron chi connectivity index (χ4n) is 2.68. The highest BCUT2D eigenvalue weighted by Gasteiger charge is 2.21. The van der Waals surface area contributed by atoms with Crippen LogP contribution in [0.3, 0.4) is 0 Å². The number of benzene rings is 2. The first kappa shape index (κ1) is 24.2. The van der Waals surface area contributed by atoms with Gasteiger partial charge in [-0.25, -0.2) is 9.59 Å². The molecule has 0 spiro atoms. The number of aliphatic imine (C=N–C) groups is 1. The zero-order chi connectivity index (χ0) is 23.3. The van der Waals surface area contributed by atoms with Crippen LogP contribution in [0.5, 0.6) is 5.75 Å². The van der Waals surface area contributed by atoms with Crippen LogP contribution in [0, 0.1) is 0 Å². The number of aliphatic carboxylic acids is 1. The molecule has 0 aliphatic heterocycles. The summed E-state index contributed by atoms with van der Waals surface area (Å²) in [5.74, 6) is -1.30. The van der Waals surface area contributed by atoms with E-state index < -0.39 is 24.0 Å². The summed E-state index contributed by atoms with van der Waals surface area (Å²) in [6.07, 6.45) is -0.143. The number of alkyl carbamates (subject to hydrolysis) is 1. The first-order valence-corrected chi connectivity index (χ1v) is 9.87. The van der Waals surface area contributed by atoms with Gasteiger partial charge in [-0.05, 0) is 29.7 Å². The molecule has 2 aromatic rings. The highest BCUT2D eigenvalue weighted by molar-refractivity contribution is 5.91. The molecule has 170 valence electrons. The molecule has 0 radical (unpaired) electrons. The lowest BCUT2D eigenvalue weighted by atomic mass is 10.1. The molecule has 0 saturated carbocycles. The molecule has 1 atom stereocenters. The standard InChI is InChI=1S/C22H26N4O6/c23-21(24)26-19(27)7-4-12-31-17-10-8-15(9-11-17)13-18(20(28)29)25-22(30)32-14-16-5-2-1-3-6-16/h1-3,5-6,8-11,18H,4,7,12-14H2,(H,25,30)(H,28,29)(H4,23,24,26,27). The number of hydrogen-bond acceptors (Lipinski definition) is 5. The van der Waals surface area contributed by atoms with E-state index in [-0.39, 0.29) is 32.0 Å². The summed E-state index contributed by atoms with van der Waals surface area (Å²) < 4.78 is 10.6. The van der Waals surface area contributed by atoms with Crippen LogP contribution in [0.2, 0.25) is 0 Å². The summed E-state index contributed by atoms with van der Waals surface area (Å²) >= 11 is 0. The van der Waals surface area contributed by atoms with Crippen LogP contribution in [0.1, 0.15) is 24.0 Å². The number of rotatable bonds is 11. The number of hydrogen-bond donors (Lipinski definition) is 4. The minimum Gasteiger partial charge on any atom is -0.494 e. The van der Waals surface area contributed by atoms with Crippen LogP contribution in [0.15, 0.2) is 59.6 Å². The van der Waals surface area contributed by atoms with Gasteiger partial charge < -0.3 is 31.4 Å². The van der Waals surface area contributed by atoms with E-state index in [9.17, 15) is 19.5 Å². The molecule has 2 amide bonds. The molecule has 0 aliphatic carbocycles. The van der Waals surface area contributed by atoms with Gasteiger partial charge in [-0.1, -0.05) is 42.5 Å². The number of nitrogens with two attached hydrogens (primary N) is 2. The van der Waals surface area contributed by atoms with E-state index >= 15 is 0 Å². The molecule has 0 aromatic heterocycles. The van der Waals surface area contributed by atoms with Crippen molar-refractivity contribution in [3.05, 3.63) is 65.7 Å². The van der Waals surface area contributed by atoms with Crippen molar-refractivity contribution in [2.75, 3.05) is 6.61 Å². The number of carbonyl (C=O) groups is 3. The Kier molecular flexibility index (Phi) is 9.51. The summed E-state index contributed by atoms with van der Waals surface area (Å²) in [5.41, 5.74) is 11.7. The van der Waals surface area contributed by atoms with Crippen molar-refractivity contribution < 1.29 is 29.0 Å². The molecule has 0 bridgehead atoms. The Morgan fingerprint density at radius 3 is 2.31 bits per heavy atom. The summed E-state index contributed by atoms with van der Waals surface area (Å²) in [7, 11) is 0. The van der Waals surface area contributed by atoms with Gasteiger partial charge in [0, 0.05) is 12.8 Å². The van der Waals surface area contributed by atoms with Gasteiger partial charge in [-0.2, -0.15) is 4.99 Å². The SMILES string of the molecule is NC(N)=NC(=O)CCCOc1ccc(CC(NC(=O)OCc2ccccc2)C(=O)O)cc1. The Labute approximate surface area is 185 Å². The second-order valence-corrected chi connectivity index (χ2v) is 6.83. The van der Waals surface area contributed by atoms with Crippen LogP contribution in [0.4, 0.5) is 4.79 Å². The van der Waals surface area contributed by atoms with Gasteiger partial charge in [0.15, 0.2) is 5.96 Å². The quantitative estimate of drug-likeness (QED) is 0.231. The van der Waals surface area contributed by atoms with Gasteiger partial charge in [0.05, 0.1) is 6.61 Å². The molecule has 0 saturated heterocycles. The van der Waals surface area contributed by atoms with Gasteiger partial charge in [0.25, 0.3) is 0 Å². The lowest BCUT2D eigenvalue weighted by molar-refractivity contribution is -0.139. The second-order valence-electron chi connectivity index (χ2n) is 6.83. The number of carbonyl (C=O) groups excluding carboxylic acids is 2. The van der Waals surface area contributed by atoms with Crippen LogP contribution in [-0.2, 0) is 27.4 Å². The van der Waals surface area contributed by atoms with Crippen LogP contribution in [0.25, 0.3) is 0 Å². The smallest absolute Gasteiger partial charge is 0.408 e. The molecule has 2 aromatic carbocycles. The first-order valence-electron chi connectivity index (χ1n) is 9.87. The van der Waals surface area contributed by atoms with Crippen LogP contribution >= 0.6 is 0 Å². The van der Waals surface area contributed by atoms with Gasteiger partial charge in [-0.3, -0.25) is 4.79 Å². The zero-order valence-electron chi connectivity index (χ0n) is 17.4. The third-order valence-electron chi connectivity index (χ3n) is 4.22. The van der Waals surface area contributed by atoms with Crippen molar-refractivity contribution in [3.8, 4) is 5.75 Å². The average molecular weight is 442 g/mol. The Morgan fingerprint density at radius 1 is 1.00 bits per heavy atom. The monoisotopic (exact) mass is 442 g/mol. The highest BCUT2D eigenvalue weighted by Crippen LogP contribution is 2.14. The predicted octanol–water partition coefficient (Wildman–Crippen LogP) is 1.57. The van der Waals surface area contributed by atoms with Gasteiger partial charge in [-0.15, -0.1) is 0 Å². The van der Waals surface area contributed by atoms with Crippen molar-refractivity contribution in [1.29, 1.82) is 0 Å². The van der Waals surface area contributed by atoms with E-state index in [1.807, 2.05) is 18.2 Å². The summed E-state index contributed by atoms with van der Waals surface area (Å²) in [4.78, 5) is 38.3. The zero-order valence-corrected chi connectivity index (χ0v) is 17.4. The Hall–Kier alpha value is -4.08. The first-order chi connectivity index (χ1) is 15.3. The maximum absolute atomic E-state index is 12.0. The van der Waals surface area contributed by atoms with E-state index in [1.165, 1.54) is 0 Å². The number of guanidine groups is 1. The van der Waals surface area contributed by atoms with E-state index in [2.05, 4.69) is 10.3 Å². The highest BCUT2D eigenvalue weighted by atomic mass is 16.5. The largest absolute Gasteiger partial charge is 0.494 e. The Morgan fingerprint density at radius 2 is 1.69 bits per heavy atom. The summed E-state index contributed by atoms with van der Waals surface area (Å²) in [5, 5.41) is 11.8. The second kappa shape index (κ2) is 12.6. The normalized spacial score (nSPS) is 11.1. The molecule has 0 aliphatic rings. The topological polar surface area (TPSA) is 166 Å². The van der Waals surface area contributed by atoms with Crippen molar-refractivity contribution in [2.24, 2.45) is 16.5 Å². The molecule has 32 heavy (non-hydrogen) atoms. The molecule has 0 heterocycles. The van der Waals surface area contributed by atoms with Gasteiger partial charge >= 0.3 is 12.1 Å². The number of nitrogens with one attached hydrogen (secondary N) is 1. The molecular weight excluding hydrogens is 416 g/mol. The number of carboxylic acid groups (broad SMARTS) is 1. The van der Waals surface area contributed by atoms with Crippen LogP contribution < -0.4 is 21.5 Å². The molecule has 10 heteroatoms. The molecule has 2 rings (SSSR count). The summed E-state index contributed by atoms with van der Waals surface area (Å²) in [6.45, 7) is 0.334. The minimum atomic E-state index is -1.17. The lowest BCUT2D eigenvalue weighted by Gasteiger charge is -2.15. The minimum absolute atomic E-state index is 0.0442. The average Bonchev–Trinajstić information content (AvgIpc) is 2.76. The van der Waals surface area contributed by atoms with Crippen molar-refractivity contribution in [2.45, 2.75) is 31.9 Å². The maximum Gasteiger partial charge on any atom is 0.408 e. The summed E-state index contributed by atoms with van der Waals surface area (Å²) in [6, 6.07) is 14.7. The van der Waals surface area contributed by atoms with Gasteiger partial charge in [0.2, 0.25) is 5.91 Å². The Balaban J connectivity index is 1.78. The fourth-order valence-corrected chi connectivity index (χ4v) is 2.68. The number of carboxylic acids is 1. The third-order valence-corrected chi connectivity index (χ3v) is 4.22. The van der Waals surface area contributed by atoms with Crippen LogP contribution in [-0.4, -0.2) is 41.7 Å². The van der Waals surface area contributed by atoms with E-state index in [1.54, 1.807) is 36.4 Å². The maximum atomic E-state index is 12.0. The van der Waals surface area contributed by atoms with Gasteiger partial charge in [0.1, 0.15) is 18.4 Å². The molecule has 10 nitrogen and oxygen atoms in total. The van der Waals surface area contributed by atoms with E-state index in [0.29, 0.717) is 17.7 Å². The number of ether oxygens (including phenoxy) is 2. The molecular formula is C22H26N4O6. The van der Waals surface area contributed by atoms with Crippen molar-refractivity contribution >= 4 is 23.9 Å². The molecule has 0 fully saturated rings. The van der Waals surface area contributed by atoms with Crippen molar-refractivity contribution in [1.82, 2.24) is 5.32 Å². The number of nitrogens with zero attached hydrogens (tertiary/aromatic N) is 1. The van der Waals surface area contributed by atoms with Crippen molar-refractivity contribution in [3.63, 3.8) is 0 Å². The number of amides is 2. The fraction of sp³-hybridized carbons (Fsp3) is 0.273. The van der Waals surface area contributed by atoms with E-state index in [4.69, 9.17) is 20.9 Å². The third kappa shape index (κ3) is 9.16.